The van der Waals surface area contributed by atoms with Crippen LogP contribution in [-0.2, 0) is 4.79 Å². The third kappa shape index (κ3) is 5.06. The molecule has 0 saturated carbocycles. The number of ether oxygens (including phenoxy) is 1. The molecule has 0 spiro atoms. The first-order chi connectivity index (χ1) is 11.1. The number of carbonyl (C=O) groups is 1. The number of carbonyl (C=O) groups excluding carboxylic acids is 1. The fourth-order valence-corrected chi connectivity index (χ4v) is 2.75. The van der Waals surface area contributed by atoms with Gasteiger partial charge in [0.25, 0.3) is 5.91 Å². The topological polar surface area (TPSA) is 50.7 Å². The van der Waals surface area contributed by atoms with E-state index in [-0.39, 0.29) is 12.5 Å². The van der Waals surface area contributed by atoms with Gasteiger partial charge in [0.1, 0.15) is 5.75 Å². The average Bonchev–Trinajstić information content (AvgIpc) is 2.57. The molecule has 0 aliphatic heterocycles. The number of halogens is 1. The highest BCUT2D eigenvalue weighted by Crippen LogP contribution is 2.32. The summed E-state index contributed by atoms with van der Waals surface area (Å²) in [7, 11) is 0. The lowest BCUT2D eigenvalue weighted by Gasteiger charge is -2.09. The summed E-state index contributed by atoms with van der Waals surface area (Å²) in [6.07, 6.45) is 3.08. The van der Waals surface area contributed by atoms with Gasteiger partial charge in [0, 0.05) is 5.71 Å². The molecule has 0 aromatic heterocycles. The molecule has 4 nitrogen and oxygen atoms in total. The highest BCUT2D eigenvalue weighted by molar-refractivity contribution is 9.10. The Morgan fingerprint density at radius 3 is 2.83 bits per heavy atom. The van der Waals surface area contributed by atoms with E-state index < -0.39 is 0 Å². The number of rotatable bonds is 7. The van der Waals surface area contributed by atoms with Crippen LogP contribution in [0.3, 0.4) is 0 Å². The van der Waals surface area contributed by atoms with Crippen molar-refractivity contribution in [1.29, 1.82) is 0 Å². The van der Waals surface area contributed by atoms with Crippen LogP contribution in [0, 0.1) is 0 Å². The van der Waals surface area contributed by atoms with Gasteiger partial charge in [-0.3, -0.25) is 4.79 Å². The number of amides is 1. The number of benzene rings is 2. The summed E-state index contributed by atoms with van der Waals surface area (Å²) in [5.74, 6) is 0.381. The van der Waals surface area contributed by atoms with Crippen molar-refractivity contribution in [2.24, 2.45) is 5.10 Å². The summed E-state index contributed by atoms with van der Waals surface area (Å²) >= 11 is 3.54. The van der Waals surface area contributed by atoms with E-state index in [1.807, 2.05) is 43.3 Å². The second-order valence-electron chi connectivity index (χ2n) is 5.37. The van der Waals surface area contributed by atoms with Crippen molar-refractivity contribution in [3.8, 4) is 5.75 Å². The molecule has 0 unspecified atom stereocenters. The molecule has 1 N–H and O–H groups in total. The van der Waals surface area contributed by atoms with Gasteiger partial charge in [-0.05, 0) is 52.5 Å². The van der Waals surface area contributed by atoms with Gasteiger partial charge in [0.05, 0.1) is 4.47 Å². The Hall–Kier alpha value is -1.88. The maximum Gasteiger partial charge on any atom is 0.277 e. The third-order valence-electron chi connectivity index (χ3n) is 3.45. The van der Waals surface area contributed by atoms with Crippen LogP contribution in [0.25, 0.3) is 10.8 Å². The predicted molar refractivity (Wildman–Crippen MR) is 97.9 cm³/mol. The quantitative estimate of drug-likeness (QED) is 0.564. The third-order valence-corrected chi connectivity index (χ3v) is 4.27. The lowest BCUT2D eigenvalue weighted by atomic mass is 10.1. The zero-order chi connectivity index (χ0) is 16.7. The summed E-state index contributed by atoms with van der Waals surface area (Å²) in [5, 5.41) is 6.24. The first-order valence-electron chi connectivity index (χ1n) is 7.74. The molecule has 2 rings (SSSR count). The van der Waals surface area contributed by atoms with Crippen molar-refractivity contribution in [2.75, 3.05) is 6.61 Å². The molecule has 0 atom stereocenters. The Bertz CT molecular complexity index is 713. The fraction of sp³-hybridized carbons (Fsp3) is 0.333. The predicted octanol–water partition coefficient (Wildman–Crippen LogP) is 4.66. The summed E-state index contributed by atoms with van der Waals surface area (Å²) in [6.45, 7) is 3.97. The van der Waals surface area contributed by atoms with Crippen molar-refractivity contribution in [2.45, 2.75) is 33.1 Å². The Morgan fingerprint density at radius 2 is 2.04 bits per heavy atom. The van der Waals surface area contributed by atoms with E-state index in [1.165, 1.54) is 0 Å². The first kappa shape index (κ1) is 17.5. The van der Waals surface area contributed by atoms with Gasteiger partial charge < -0.3 is 4.74 Å². The van der Waals surface area contributed by atoms with Crippen LogP contribution < -0.4 is 10.2 Å². The highest BCUT2D eigenvalue weighted by Gasteiger charge is 2.08. The second-order valence-corrected chi connectivity index (χ2v) is 6.17. The Kier molecular flexibility index (Phi) is 6.59. The van der Waals surface area contributed by atoms with Crippen LogP contribution in [0.2, 0.25) is 0 Å². The summed E-state index contributed by atoms with van der Waals surface area (Å²) in [6, 6.07) is 11.8. The molecule has 122 valence electrons. The van der Waals surface area contributed by atoms with Crippen molar-refractivity contribution < 1.29 is 9.53 Å². The van der Waals surface area contributed by atoms with Gasteiger partial charge in [-0.15, -0.1) is 0 Å². The van der Waals surface area contributed by atoms with Gasteiger partial charge >= 0.3 is 0 Å². The van der Waals surface area contributed by atoms with Crippen LogP contribution in [0.1, 0.15) is 33.1 Å². The normalized spacial score (nSPS) is 11.5. The van der Waals surface area contributed by atoms with Gasteiger partial charge in [-0.1, -0.05) is 43.7 Å². The van der Waals surface area contributed by atoms with E-state index in [0.717, 1.165) is 40.2 Å². The van der Waals surface area contributed by atoms with E-state index in [0.29, 0.717) is 5.75 Å². The van der Waals surface area contributed by atoms with E-state index >= 15 is 0 Å². The lowest BCUT2D eigenvalue weighted by molar-refractivity contribution is -0.123. The molecule has 0 saturated heterocycles. The smallest absolute Gasteiger partial charge is 0.277 e. The van der Waals surface area contributed by atoms with Crippen molar-refractivity contribution in [1.82, 2.24) is 5.43 Å². The van der Waals surface area contributed by atoms with Crippen molar-refractivity contribution in [3.05, 3.63) is 40.9 Å². The van der Waals surface area contributed by atoms with Crippen LogP contribution in [0.15, 0.2) is 46.0 Å². The largest absolute Gasteiger partial charge is 0.483 e. The average molecular weight is 377 g/mol. The molecule has 0 bridgehead atoms. The van der Waals surface area contributed by atoms with E-state index in [1.54, 1.807) is 0 Å². The molecular weight excluding hydrogens is 356 g/mol. The minimum Gasteiger partial charge on any atom is -0.483 e. The van der Waals surface area contributed by atoms with Crippen molar-refractivity contribution in [3.63, 3.8) is 0 Å². The summed E-state index contributed by atoms with van der Waals surface area (Å²) in [4.78, 5) is 11.8. The Morgan fingerprint density at radius 1 is 1.26 bits per heavy atom. The molecule has 5 heteroatoms. The number of hydrogen-bond donors (Lipinski definition) is 1. The molecule has 0 radical (unpaired) electrons. The van der Waals surface area contributed by atoms with Gasteiger partial charge in [-0.25, -0.2) is 5.43 Å². The SMILES string of the molecule is CCCCC(C)=NNC(=O)COc1ccc2ccccc2c1Br. The molecule has 1 amide bonds. The summed E-state index contributed by atoms with van der Waals surface area (Å²) in [5.41, 5.74) is 3.45. The number of hydrazone groups is 1. The Labute approximate surface area is 145 Å². The van der Waals surface area contributed by atoms with Gasteiger partial charge in [-0.2, -0.15) is 5.10 Å². The summed E-state index contributed by atoms with van der Waals surface area (Å²) < 4.78 is 6.44. The minimum atomic E-state index is -0.263. The zero-order valence-corrected chi connectivity index (χ0v) is 15.0. The van der Waals surface area contributed by atoms with E-state index in [4.69, 9.17) is 4.74 Å². The Balaban J connectivity index is 1.93. The van der Waals surface area contributed by atoms with Crippen molar-refractivity contribution >= 4 is 38.3 Å². The first-order valence-corrected chi connectivity index (χ1v) is 8.53. The molecule has 0 fully saturated rings. The molecule has 0 aliphatic carbocycles. The van der Waals surface area contributed by atoms with Crippen LogP contribution in [0.4, 0.5) is 0 Å². The molecule has 0 aliphatic rings. The van der Waals surface area contributed by atoms with Crippen LogP contribution >= 0.6 is 15.9 Å². The maximum atomic E-state index is 11.8. The number of fused-ring (bicyclic) bond motifs is 1. The monoisotopic (exact) mass is 376 g/mol. The highest BCUT2D eigenvalue weighted by atomic mass is 79.9. The number of hydrogen-bond acceptors (Lipinski definition) is 3. The van der Waals surface area contributed by atoms with Gasteiger partial charge in [0.2, 0.25) is 0 Å². The number of nitrogens with zero attached hydrogens (tertiary/aromatic N) is 1. The fourth-order valence-electron chi connectivity index (χ4n) is 2.15. The second kappa shape index (κ2) is 8.67. The molecule has 2 aromatic carbocycles. The number of nitrogens with one attached hydrogen (secondary N) is 1. The lowest BCUT2D eigenvalue weighted by Crippen LogP contribution is -2.25. The molecule has 0 heterocycles. The molecular formula is C18H21BrN2O2. The maximum absolute atomic E-state index is 11.8. The minimum absolute atomic E-state index is 0.0680. The number of unbranched alkanes of at least 4 members (excludes halogenated alkanes) is 1. The molecule has 2 aromatic rings. The van der Waals surface area contributed by atoms with Crippen LogP contribution in [-0.4, -0.2) is 18.2 Å². The van der Waals surface area contributed by atoms with E-state index in [2.05, 4.69) is 33.4 Å². The van der Waals surface area contributed by atoms with E-state index in [9.17, 15) is 4.79 Å². The zero-order valence-electron chi connectivity index (χ0n) is 13.4. The van der Waals surface area contributed by atoms with Crippen LogP contribution in [0.5, 0.6) is 5.75 Å². The van der Waals surface area contributed by atoms with Gasteiger partial charge in [0.15, 0.2) is 6.61 Å². The molecule has 23 heavy (non-hydrogen) atoms. The standard InChI is InChI=1S/C18H21BrN2O2/c1-3-4-7-13(2)20-21-17(22)12-23-16-11-10-14-8-5-6-9-15(14)18(16)19/h5-6,8-11H,3-4,7,12H2,1-2H3,(H,21,22).